The van der Waals surface area contributed by atoms with E-state index in [1.54, 1.807) is 0 Å². The van der Waals surface area contributed by atoms with Crippen LogP contribution in [0.5, 0.6) is 0 Å². The maximum Gasteiger partial charge on any atom is 0.251 e. The van der Waals surface area contributed by atoms with Crippen LogP contribution in [0.15, 0.2) is 24.3 Å². The number of aromatic amines is 1. The molecule has 1 aliphatic rings. The summed E-state index contributed by atoms with van der Waals surface area (Å²) in [5.74, 6) is -1.42. The van der Waals surface area contributed by atoms with E-state index in [1.165, 1.54) is 18.2 Å². The van der Waals surface area contributed by atoms with E-state index in [1.807, 2.05) is 0 Å². The van der Waals surface area contributed by atoms with E-state index in [-0.39, 0.29) is 24.4 Å². The van der Waals surface area contributed by atoms with Crippen LogP contribution in [0.3, 0.4) is 0 Å². The molecule has 0 saturated carbocycles. The quantitative estimate of drug-likeness (QED) is 0.781. The topological polar surface area (TPSA) is 79.0 Å². The van der Waals surface area contributed by atoms with E-state index in [2.05, 4.69) is 20.8 Å². The number of carbonyl (C=O) groups is 1. The number of halogens is 2. The second kappa shape index (κ2) is 7.50. The first-order valence-electron chi connectivity index (χ1n) is 7.74. The minimum Gasteiger partial charge on any atom is -0.367 e. The predicted octanol–water partition coefficient (Wildman–Crippen LogP) is 2.06. The van der Waals surface area contributed by atoms with Crippen molar-refractivity contribution in [3.63, 3.8) is 0 Å². The monoisotopic (exact) mass is 336 g/mol. The Hall–Kier alpha value is -2.32. The fourth-order valence-electron chi connectivity index (χ4n) is 2.58. The van der Waals surface area contributed by atoms with Gasteiger partial charge in [-0.05, 0) is 31.5 Å². The molecule has 1 atom stereocenters. The summed E-state index contributed by atoms with van der Waals surface area (Å²) in [7, 11) is 0. The zero-order valence-electron chi connectivity index (χ0n) is 12.9. The largest absolute Gasteiger partial charge is 0.367 e. The van der Waals surface area contributed by atoms with Gasteiger partial charge in [0.05, 0.1) is 11.8 Å². The molecule has 24 heavy (non-hydrogen) atoms. The van der Waals surface area contributed by atoms with Crippen molar-refractivity contribution in [3.8, 4) is 11.3 Å². The van der Waals surface area contributed by atoms with E-state index in [9.17, 15) is 13.6 Å². The number of hydrogen-bond donors (Lipinski definition) is 3. The van der Waals surface area contributed by atoms with Crippen LogP contribution in [-0.2, 0) is 9.53 Å². The van der Waals surface area contributed by atoms with Gasteiger partial charge in [0, 0.05) is 24.2 Å². The molecule has 1 aromatic carbocycles. The number of piperidine rings is 1. The lowest BCUT2D eigenvalue weighted by molar-refractivity contribution is -0.122. The van der Waals surface area contributed by atoms with Crippen molar-refractivity contribution < 1.29 is 18.3 Å². The van der Waals surface area contributed by atoms with Crippen LogP contribution in [0.1, 0.15) is 12.8 Å². The van der Waals surface area contributed by atoms with Crippen molar-refractivity contribution in [2.45, 2.75) is 18.9 Å². The fraction of sp³-hybridized carbons (Fsp3) is 0.375. The molecule has 3 rings (SSSR count). The van der Waals surface area contributed by atoms with Crippen molar-refractivity contribution in [2.24, 2.45) is 0 Å². The third kappa shape index (κ3) is 4.36. The molecule has 0 spiro atoms. The summed E-state index contributed by atoms with van der Waals surface area (Å²) in [6.07, 6.45) is 1.99. The number of anilines is 1. The summed E-state index contributed by atoms with van der Waals surface area (Å²) in [4.78, 5) is 11.9. The number of benzene rings is 1. The molecule has 0 bridgehead atoms. The first-order valence-corrected chi connectivity index (χ1v) is 7.74. The van der Waals surface area contributed by atoms with Gasteiger partial charge in [0.25, 0.3) is 5.91 Å². The zero-order valence-corrected chi connectivity index (χ0v) is 12.9. The average Bonchev–Trinajstić information content (AvgIpc) is 3.01. The summed E-state index contributed by atoms with van der Waals surface area (Å²) in [5.41, 5.74) is 0.714. The Balaban J connectivity index is 1.56. The van der Waals surface area contributed by atoms with Gasteiger partial charge >= 0.3 is 0 Å². The smallest absolute Gasteiger partial charge is 0.251 e. The van der Waals surface area contributed by atoms with Crippen LogP contribution in [0.4, 0.5) is 14.6 Å². The molecule has 0 radical (unpaired) electrons. The summed E-state index contributed by atoms with van der Waals surface area (Å²) in [6, 6.07) is 4.66. The Bertz CT molecular complexity index is 694. The average molecular weight is 336 g/mol. The number of carbonyl (C=O) groups excluding carboxylic acids is 1. The maximum atomic E-state index is 13.2. The molecular weight excluding hydrogens is 318 g/mol. The molecule has 1 amide bonds. The van der Waals surface area contributed by atoms with E-state index < -0.39 is 11.6 Å². The first kappa shape index (κ1) is 16.5. The highest BCUT2D eigenvalue weighted by atomic mass is 19.1. The van der Waals surface area contributed by atoms with E-state index in [0.717, 1.165) is 32.0 Å². The zero-order chi connectivity index (χ0) is 16.9. The molecule has 3 N–H and O–H groups in total. The van der Waals surface area contributed by atoms with Crippen LogP contribution in [0, 0.1) is 11.6 Å². The molecule has 1 unspecified atom stereocenters. The van der Waals surface area contributed by atoms with Gasteiger partial charge in [-0.2, -0.15) is 5.10 Å². The van der Waals surface area contributed by atoms with Gasteiger partial charge in [-0.3, -0.25) is 9.89 Å². The fourth-order valence-corrected chi connectivity index (χ4v) is 2.58. The number of nitrogens with zero attached hydrogens (tertiary/aromatic N) is 1. The number of aromatic nitrogens is 2. The number of H-pyrrole nitrogens is 1. The summed E-state index contributed by atoms with van der Waals surface area (Å²) in [5, 5.41) is 12.3. The van der Waals surface area contributed by atoms with Gasteiger partial charge in [0.1, 0.15) is 18.2 Å². The Morgan fingerprint density at radius 2 is 2.08 bits per heavy atom. The van der Waals surface area contributed by atoms with Gasteiger partial charge in [-0.15, -0.1) is 0 Å². The number of amides is 1. The lowest BCUT2D eigenvalue weighted by atomic mass is 10.1. The third-order valence-electron chi connectivity index (χ3n) is 3.72. The standard InChI is InChI=1S/C16H18F2N4O2/c17-11-4-10(5-12(18)6-11)14-7-15(22-21-14)20-16(23)9-24-13-2-1-3-19-8-13/h4-7,13,19H,1-3,8-9H2,(H2,20,21,22,23). The van der Waals surface area contributed by atoms with Crippen molar-refractivity contribution in [2.75, 3.05) is 25.0 Å². The molecule has 8 heteroatoms. The van der Waals surface area contributed by atoms with Gasteiger partial charge in [0.15, 0.2) is 5.82 Å². The van der Waals surface area contributed by atoms with Crippen molar-refractivity contribution in [1.82, 2.24) is 15.5 Å². The summed E-state index contributed by atoms with van der Waals surface area (Å²) < 4.78 is 32.0. The van der Waals surface area contributed by atoms with Crippen molar-refractivity contribution in [3.05, 3.63) is 35.9 Å². The van der Waals surface area contributed by atoms with Crippen LogP contribution in [0.25, 0.3) is 11.3 Å². The maximum absolute atomic E-state index is 13.2. The molecule has 6 nitrogen and oxygen atoms in total. The number of ether oxygens (including phenoxy) is 1. The van der Waals surface area contributed by atoms with E-state index >= 15 is 0 Å². The molecule has 128 valence electrons. The van der Waals surface area contributed by atoms with Gasteiger partial charge < -0.3 is 15.4 Å². The van der Waals surface area contributed by atoms with E-state index in [0.29, 0.717) is 11.3 Å². The van der Waals surface area contributed by atoms with Crippen LogP contribution >= 0.6 is 0 Å². The molecule has 2 aromatic rings. The summed E-state index contributed by atoms with van der Waals surface area (Å²) in [6.45, 7) is 1.65. The molecule has 0 aliphatic carbocycles. The predicted molar refractivity (Wildman–Crippen MR) is 84.4 cm³/mol. The minimum absolute atomic E-state index is 0.0366. The Morgan fingerprint density at radius 1 is 1.29 bits per heavy atom. The second-order valence-electron chi connectivity index (χ2n) is 5.65. The van der Waals surface area contributed by atoms with Crippen molar-refractivity contribution >= 4 is 11.7 Å². The Morgan fingerprint density at radius 3 is 2.79 bits per heavy atom. The molecule has 1 saturated heterocycles. The summed E-state index contributed by atoms with van der Waals surface area (Å²) >= 11 is 0. The normalized spacial score (nSPS) is 17.7. The highest BCUT2D eigenvalue weighted by molar-refractivity contribution is 5.91. The van der Waals surface area contributed by atoms with Crippen LogP contribution in [0.2, 0.25) is 0 Å². The Labute approximate surface area is 137 Å². The van der Waals surface area contributed by atoms with Crippen LogP contribution < -0.4 is 10.6 Å². The lowest BCUT2D eigenvalue weighted by Gasteiger charge is -2.22. The Kier molecular flexibility index (Phi) is 5.17. The lowest BCUT2D eigenvalue weighted by Crippen LogP contribution is -2.37. The minimum atomic E-state index is -0.681. The number of rotatable bonds is 5. The van der Waals surface area contributed by atoms with Gasteiger partial charge in [0.2, 0.25) is 0 Å². The SMILES string of the molecule is O=C(COC1CCCNC1)Nc1cc(-c2cc(F)cc(F)c2)[nH]n1. The number of hydrogen-bond acceptors (Lipinski definition) is 4. The van der Waals surface area contributed by atoms with Gasteiger partial charge in [-0.1, -0.05) is 0 Å². The van der Waals surface area contributed by atoms with Gasteiger partial charge in [-0.25, -0.2) is 8.78 Å². The molecule has 1 aliphatic heterocycles. The number of nitrogens with one attached hydrogen (secondary N) is 3. The molecule has 1 aromatic heterocycles. The first-order chi connectivity index (χ1) is 11.6. The highest BCUT2D eigenvalue weighted by Gasteiger charge is 2.15. The molecular formula is C16H18F2N4O2. The molecule has 2 heterocycles. The van der Waals surface area contributed by atoms with Crippen LogP contribution in [-0.4, -0.2) is 41.9 Å². The highest BCUT2D eigenvalue weighted by Crippen LogP contribution is 2.21. The van der Waals surface area contributed by atoms with Crippen molar-refractivity contribution in [1.29, 1.82) is 0 Å². The van der Waals surface area contributed by atoms with E-state index in [4.69, 9.17) is 4.74 Å². The second-order valence-corrected chi connectivity index (χ2v) is 5.65. The molecule has 1 fully saturated rings. The third-order valence-corrected chi connectivity index (χ3v) is 3.72.